The Labute approximate surface area is 104 Å². The van der Waals surface area contributed by atoms with Crippen molar-refractivity contribution < 1.29 is 5.11 Å². The molecule has 1 aromatic rings. The zero-order valence-electron chi connectivity index (χ0n) is 11.4. The molecule has 2 N–H and O–H groups in total. The summed E-state index contributed by atoms with van der Waals surface area (Å²) in [5, 5.41) is 13.5. The molecule has 17 heavy (non-hydrogen) atoms. The maximum atomic E-state index is 10.2. The molecule has 0 bridgehead atoms. The molecule has 1 rings (SSSR count). The highest BCUT2D eigenvalue weighted by Gasteiger charge is 2.16. The fourth-order valence-electron chi connectivity index (χ4n) is 1.88. The van der Waals surface area contributed by atoms with Gasteiger partial charge in [0, 0.05) is 31.9 Å². The van der Waals surface area contributed by atoms with E-state index in [1.807, 2.05) is 50.2 Å². The van der Waals surface area contributed by atoms with Crippen LogP contribution in [-0.2, 0) is 0 Å². The number of rotatable bonds is 5. The van der Waals surface area contributed by atoms with Crippen LogP contribution >= 0.6 is 0 Å². The first-order valence-electron chi connectivity index (χ1n) is 6.13. The lowest BCUT2D eigenvalue weighted by molar-refractivity contribution is 0.132. The summed E-state index contributed by atoms with van der Waals surface area (Å²) >= 11 is 0. The van der Waals surface area contributed by atoms with E-state index < -0.39 is 6.10 Å². The molecule has 2 unspecified atom stereocenters. The summed E-state index contributed by atoms with van der Waals surface area (Å²) in [7, 11) is 4.02. The number of nitrogens with zero attached hydrogens (tertiary/aromatic N) is 1. The van der Waals surface area contributed by atoms with Crippen LogP contribution < -0.4 is 10.2 Å². The van der Waals surface area contributed by atoms with Crippen molar-refractivity contribution in [1.29, 1.82) is 0 Å². The molecule has 0 radical (unpaired) electrons. The lowest BCUT2D eigenvalue weighted by atomic mass is 10.0. The fraction of sp³-hybridized carbons (Fsp3) is 0.571. The van der Waals surface area contributed by atoms with Gasteiger partial charge in [-0.1, -0.05) is 26.0 Å². The molecule has 1 aromatic carbocycles. The summed E-state index contributed by atoms with van der Waals surface area (Å²) in [4.78, 5) is 2.05. The number of hydrogen-bond donors (Lipinski definition) is 2. The minimum absolute atomic E-state index is 0.0557. The predicted molar refractivity (Wildman–Crippen MR) is 73.5 cm³/mol. The van der Waals surface area contributed by atoms with Crippen LogP contribution in [0.4, 0.5) is 5.69 Å². The Kier molecular flexibility index (Phi) is 4.97. The number of hydrogen-bond acceptors (Lipinski definition) is 3. The van der Waals surface area contributed by atoms with Crippen molar-refractivity contribution in [3.05, 3.63) is 29.8 Å². The molecule has 0 heterocycles. The molecule has 0 aliphatic carbocycles. The van der Waals surface area contributed by atoms with Crippen LogP contribution in [0.5, 0.6) is 0 Å². The summed E-state index contributed by atoms with van der Waals surface area (Å²) in [6.07, 6.45) is -0.464. The average Bonchev–Trinajstić information content (AvgIpc) is 2.27. The molecule has 0 amide bonds. The molecular weight excluding hydrogens is 212 g/mol. The van der Waals surface area contributed by atoms with Crippen LogP contribution in [0.1, 0.15) is 32.4 Å². The van der Waals surface area contributed by atoms with Crippen LogP contribution in [0.15, 0.2) is 24.3 Å². The molecule has 2 atom stereocenters. The third kappa shape index (κ3) is 4.02. The summed E-state index contributed by atoms with van der Waals surface area (Å²) in [5.74, 6) is 0. The van der Waals surface area contributed by atoms with Crippen molar-refractivity contribution in [2.75, 3.05) is 19.0 Å². The Balaban J connectivity index is 2.72. The second-order valence-corrected chi connectivity index (χ2v) is 5.04. The molecule has 3 heteroatoms. The first-order valence-corrected chi connectivity index (χ1v) is 6.13. The van der Waals surface area contributed by atoms with Gasteiger partial charge in [0.1, 0.15) is 0 Å². The standard InChI is InChI=1S/C14H24N2O/c1-10(2)15-11(3)14(17)12-6-8-13(9-7-12)16(4)5/h6-11,14-15,17H,1-5H3. The van der Waals surface area contributed by atoms with Gasteiger partial charge in [-0.25, -0.2) is 0 Å². The van der Waals surface area contributed by atoms with Gasteiger partial charge < -0.3 is 15.3 Å². The first kappa shape index (κ1) is 14.0. The van der Waals surface area contributed by atoms with E-state index in [9.17, 15) is 5.11 Å². The van der Waals surface area contributed by atoms with Gasteiger partial charge >= 0.3 is 0 Å². The molecule has 0 aliphatic rings. The number of aliphatic hydroxyl groups excluding tert-OH is 1. The SMILES string of the molecule is CC(C)NC(C)C(O)c1ccc(N(C)C)cc1. The highest BCUT2D eigenvalue weighted by molar-refractivity contribution is 5.46. The maximum absolute atomic E-state index is 10.2. The third-order valence-corrected chi connectivity index (χ3v) is 2.82. The molecular formula is C14H24N2O. The van der Waals surface area contributed by atoms with Crippen LogP contribution in [-0.4, -0.2) is 31.3 Å². The lowest BCUT2D eigenvalue weighted by Crippen LogP contribution is -2.36. The summed E-state index contributed by atoms with van der Waals surface area (Å²) < 4.78 is 0. The molecule has 0 saturated heterocycles. The van der Waals surface area contributed by atoms with Gasteiger partial charge in [0.2, 0.25) is 0 Å². The van der Waals surface area contributed by atoms with E-state index in [1.54, 1.807) is 0 Å². The Morgan fingerprint density at radius 2 is 1.59 bits per heavy atom. The van der Waals surface area contributed by atoms with Crippen LogP contribution in [0.3, 0.4) is 0 Å². The first-order chi connectivity index (χ1) is 7.91. The van der Waals surface area contributed by atoms with Crippen molar-refractivity contribution in [3.63, 3.8) is 0 Å². The van der Waals surface area contributed by atoms with Crippen LogP contribution in [0.25, 0.3) is 0 Å². The minimum Gasteiger partial charge on any atom is -0.387 e. The molecule has 0 saturated carbocycles. The highest BCUT2D eigenvalue weighted by Crippen LogP contribution is 2.20. The van der Waals surface area contributed by atoms with Crippen molar-refractivity contribution >= 4 is 5.69 Å². The molecule has 96 valence electrons. The highest BCUT2D eigenvalue weighted by atomic mass is 16.3. The fourth-order valence-corrected chi connectivity index (χ4v) is 1.88. The average molecular weight is 236 g/mol. The predicted octanol–water partition coefficient (Wildman–Crippen LogP) is 2.17. The normalized spacial score (nSPS) is 14.8. The Bertz CT molecular complexity index is 333. The van der Waals surface area contributed by atoms with Crippen molar-refractivity contribution in [3.8, 4) is 0 Å². The van der Waals surface area contributed by atoms with Gasteiger partial charge in [0.05, 0.1) is 6.10 Å². The zero-order valence-corrected chi connectivity index (χ0v) is 11.4. The van der Waals surface area contributed by atoms with E-state index in [1.165, 1.54) is 0 Å². The van der Waals surface area contributed by atoms with Crippen LogP contribution in [0, 0.1) is 0 Å². The van der Waals surface area contributed by atoms with E-state index in [4.69, 9.17) is 0 Å². The third-order valence-electron chi connectivity index (χ3n) is 2.82. The molecule has 0 aromatic heterocycles. The molecule has 0 fully saturated rings. The minimum atomic E-state index is -0.464. The van der Waals surface area contributed by atoms with E-state index in [2.05, 4.69) is 19.2 Å². The van der Waals surface area contributed by atoms with Crippen molar-refractivity contribution in [2.24, 2.45) is 0 Å². The van der Waals surface area contributed by atoms with Gasteiger partial charge in [0.25, 0.3) is 0 Å². The van der Waals surface area contributed by atoms with Gasteiger partial charge in [0.15, 0.2) is 0 Å². The Morgan fingerprint density at radius 1 is 1.06 bits per heavy atom. The monoisotopic (exact) mass is 236 g/mol. The molecule has 0 aliphatic heterocycles. The zero-order chi connectivity index (χ0) is 13.0. The largest absolute Gasteiger partial charge is 0.387 e. The van der Waals surface area contributed by atoms with E-state index in [0.29, 0.717) is 6.04 Å². The number of aliphatic hydroxyl groups is 1. The van der Waals surface area contributed by atoms with E-state index >= 15 is 0 Å². The number of anilines is 1. The van der Waals surface area contributed by atoms with Gasteiger partial charge in [-0.2, -0.15) is 0 Å². The second kappa shape index (κ2) is 6.03. The summed E-state index contributed by atoms with van der Waals surface area (Å²) in [6.45, 7) is 6.17. The maximum Gasteiger partial charge on any atom is 0.0940 e. The molecule has 0 spiro atoms. The van der Waals surface area contributed by atoms with Crippen molar-refractivity contribution in [1.82, 2.24) is 5.32 Å². The lowest BCUT2D eigenvalue weighted by Gasteiger charge is -2.23. The van der Waals surface area contributed by atoms with Gasteiger partial charge in [-0.05, 0) is 24.6 Å². The van der Waals surface area contributed by atoms with Gasteiger partial charge in [-0.3, -0.25) is 0 Å². The number of nitrogens with one attached hydrogen (secondary N) is 1. The quantitative estimate of drug-likeness (QED) is 0.822. The smallest absolute Gasteiger partial charge is 0.0940 e. The van der Waals surface area contributed by atoms with E-state index in [0.717, 1.165) is 11.3 Å². The Hall–Kier alpha value is -1.06. The summed E-state index contributed by atoms with van der Waals surface area (Å²) in [5.41, 5.74) is 2.10. The van der Waals surface area contributed by atoms with Crippen molar-refractivity contribution in [2.45, 2.75) is 39.0 Å². The Morgan fingerprint density at radius 3 is 2.00 bits per heavy atom. The second-order valence-electron chi connectivity index (χ2n) is 5.04. The summed E-state index contributed by atoms with van der Waals surface area (Å²) in [6, 6.07) is 8.46. The topological polar surface area (TPSA) is 35.5 Å². The van der Waals surface area contributed by atoms with Gasteiger partial charge in [-0.15, -0.1) is 0 Å². The molecule has 3 nitrogen and oxygen atoms in total. The van der Waals surface area contributed by atoms with Crippen LogP contribution in [0.2, 0.25) is 0 Å². The van der Waals surface area contributed by atoms with E-state index in [-0.39, 0.29) is 6.04 Å². The number of benzene rings is 1.